The first-order valence-electron chi connectivity index (χ1n) is 5.19. The minimum absolute atomic E-state index is 0.0913. The minimum atomic E-state index is -1.35. The molecule has 1 saturated heterocycles. The predicted molar refractivity (Wildman–Crippen MR) is 58.2 cm³/mol. The van der Waals surface area contributed by atoms with Gasteiger partial charge in [0.1, 0.15) is 5.25 Å². The Hall–Kier alpha value is -0.420. The molecule has 5 heteroatoms. The molecule has 1 aliphatic rings. The van der Waals surface area contributed by atoms with E-state index < -0.39 is 22.0 Å². The molecule has 1 heterocycles. The molecule has 4 atom stereocenters. The SMILES string of the molecule is CC(C)C(C(=O)O)S(=O)C1CCOC1C. The van der Waals surface area contributed by atoms with E-state index in [9.17, 15) is 9.00 Å². The van der Waals surface area contributed by atoms with Gasteiger partial charge in [-0.1, -0.05) is 13.8 Å². The maximum atomic E-state index is 12.1. The molecule has 0 bridgehead atoms. The smallest absolute Gasteiger partial charge is 0.319 e. The third kappa shape index (κ3) is 2.78. The quantitative estimate of drug-likeness (QED) is 0.789. The number of carboxylic acids is 1. The maximum Gasteiger partial charge on any atom is 0.319 e. The van der Waals surface area contributed by atoms with E-state index >= 15 is 0 Å². The average Bonchev–Trinajstić information content (AvgIpc) is 2.49. The average molecular weight is 234 g/mol. The second-order valence-corrected chi connectivity index (χ2v) is 6.00. The molecule has 0 spiro atoms. The van der Waals surface area contributed by atoms with Crippen molar-refractivity contribution < 1.29 is 18.8 Å². The zero-order valence-electron chi connectivity index (χ0n) is 9.30. The van der Waals surface area contributed by atoms with Crippen molar-refractivity contribution in [1.82, 2.24) is 0 Å². The van der Waals surface area contributed by atoms with Crippen LogP contribution in [0, 0.1) is 5.92 Å². The predicted octanol–water partition coefficient (Wildman–Crippen LogP) is 1.02. The Morgan fingerprint density at radius 1 is 1.53 bits per heavy atom. The summed E-state index contributed by atoms with van der Waals surface area (Å²) in [5.74, 6) is -1.08. The van der Waals surface area contributed by atoms with Gasteiger partial charge in [0, 0.05) is 17.4 Å². The van der Waals surface area contributed by atoms with Gasteiger partial charge < -0.3 is 9.84 Å². The first-order valence-corrected chi connectivity index (χ1v) is 6.46. The molecule has 0 amide bonds. The first kappa shape index (κ1) is 12.6. The lowest BCUT2D eigenvalue weighted by molar-refractivity contribution is -0.137. The molecule has 4 nitrogen and oxygen atoms in total. The van der Waals surface area contributed by atoms with Crippen LogP contribution in [0.4, 0.5) is 0 Å². The lowest BCUT2D eigenvalue weighted by atomic mass is 10.1. The molecule has 1 rings (SSSR count). The third-order valence-corrected chi connectivity index (χ3v) is 5.17. The molecule has 1 fully saturated rings. The van der Waals surface area contributed by atoms with Crippen LogP contribution in [0.2, 0.25) is 0 Å². The lowest BCUT2D eigenvalue weighted by Gasteiger charge is -2.21. The van der Waals surface area contributed by atoms with Crippen LogP contribution in [0.5, 0.6) is 0 Å². The third-order valence-electron chi connectivity index (χ3n) is 2.70. The zero-order valence-corrected chi connectivity index (χ0v) is 10.1. The summed E-state index contributed by atoms with van der Waals surface area (Å²) in [5.41, 5.74) is 0. The Morgan fingerprint density at radius 2 is 2.13 bits per heavy atom. The summed E-state index contributed by atoms with van der Waals surface area (Å²) in [5, 5.41) is 8.12. The van der Waals surface area contributed by atoms with E-state index in [1.54, 1.807) is 13.8 Å². The van der Waals surface area contributed by atoms with Crippen molar-refractivity contribution >= 4 is 16.8 Å². The van der Waals surface area contributed by atoms with Crippen molar-refractivity contribution in [3.63, 3.8) is 0 Å². The van der Waals surface area contributed by atoms with Crippen molar-refractivity contribution in [2.75, 3.05) is 6.61 Å². The topological polar surface area (TPSA) is 63.6 Å². The Morgan fingerprint density at radius 3 is 2.47 bits per heavy atom. The van der Waals surface area contributed by atoms with E-state index in [4.69, 9.17) is 9.84 Å². The number of carboxylic acid groups (broad SMARTS) is 1. The highest BCUT2D eigenvalue weighted by Gasteiger charge is 2.38. The molecule has 4 unspecified atom stereocenters. The summed E-state index contributed by atoms with van der Waals surface area (Å²) < 4.78 is 17.4. The molecule has 0 saturated carbocycles. The summed E-state index contributed by atoms with van der Waals surface area (Å²) in [6.45, 7) is 6.02. The second-order valence-electron chi connectivity index (χ2n) is 4.23. The van der Waals surface area contributed by atoms with Crippen LogP contribution in [0.25, 0.3) is 0 Å². The molecule has 0 aliphatic carbocycles. The molecule has 88 valence electrons. The van der Waals surface area contributed by atoms with Gasteiger partial charge in [-0.15, -0.1) is 0 Å². The maximum absolute atomic E-state index is 12.1. The number of hydrogen-bond donors (Lipinski definition) is 1. The van der Waals surface area contributed by atoms with Crippen LogP contribution in [0.1, 0.15) is 27.2 Å². The Labute approximate surface area is 92.5 Å². The van der Waals surface area contributed by atoms with Gasteiger partial charge in [-0.2, -0.15) is 0 Å². The monoisotopic (exact) mass is 234 g/mol. The number of ether oxygens (including phenoxy) is 1. The van der Waals surface area contributed by atoms with Gasteiger partial charge in [-0.05, 0) is 19.3 Å². The van der Waals surface area contributed by atoms with Crippen LogP contribution in [0.15, 0.2) is 0 Å². The highest BCUT2D eigenvalue weighted by molar-refractivity contribution is 7.87. The molecule has 1 N–H and O–H groups in total. The van der Waals surface area contributed by atoms with Gasteiger partial charge in [0.05, 0.1) is 11.4 Å². The van der Waals surface area contributed by atoms with Crippen LogP contribution in [-0.4, -0.2) is 38.5 Å². The van der Waals surface area contributed by atoms with Crippen LogP contribution < -0.4 is 0 Å². The standard InChI is InChI=1S/C10H18O4S/c1-6(2)9(10(11)12)15(13)8-4-5-14-7(8)3/h6-9H,4-5H2,1-3H3,(H,11,12). The fourth-order valence-electron chi connectivity index (χ4n) is 1.86. The van der Waals surface area contributed by atoms with Gasteiger partial charge >= 0.3 is 5.97 Å². The zero-order chi connectivity index (χ0) is 11.6. The summed E-state index contributed by atoms with van der Waals surface area (Å²) in [6, 6.07) is 0. The van der Waals surface area contributed by atoms with Crippen molar-refractivity contribution in [1.29, 1.82) is 0 Å². The molecule has 0 aromatic rings. The molecular weight excluding hydrogens is 216 g/mol. The summed E-state index contributed by atoms with van der Waals surface area (Å²) in [6.07, 6.45) is 0.607. The first-order chi connectivity index (χ1) is 6.95. The normalized spacial score (nSPS) is 30.4. The largest absolute Gasteiger partial charge is 0.480 e. The second kappa shape index (κ2) is 5.07. The van der Waals surface area contributed by atoms with E-state index in [0.29, 0.717) is 13.0 Å². The number of rotatable bonds is 4. The van der Waals surface area contributed by atoms with E-state index in [-0.39, 0.29) is 17.3 Å². The molecule has 0 radical (unpaired) electrons. The van der Waals surface area contributed by atoms with E-state index in [1.165, 1.54) is 0 Å². The summed E-state index contributed by atoms with van der Waals surface area (Å²) in [7, 11) is -1.35. The number of carbonyl (C=O) groups is 1. The fourth-order valence-corrected chi connectivity index (χ4v) is 3.75. The lowest BCUT2D eigenvalue weighted by Crippen LogP contribution is -2.39. The summed E-state index contributed by atoms with van der Waals surface area (Å²) in [4.78, 5) is 11.0. The number of aliphatic carboxylic acids is 1. The number of hydrogen-bond acceptors (Lipinski definition) is 3. The van der Waals surface area contributed by atoms with Crippen LogP contribution >= 0.6 is 0 Å². The van der Waals surface area contributed by atoms with Crippen LogP contribution in [0.3, 0.4) is 0 Å². The Kier molecular flexibility index (Phi) is 4.28. The van der Waals surface area contributed by atoms with Crippen LogP contribution in [-0.2, 0) is 20.3 Å². The highest BCUT2D eigenvalue weighted by Crippen LogP contribution is 2.24. The van der Waals surface area contributed by atoms with E-state index in [2.05, 4.69) is 0 Å². The van der Waals surface area contributed by atoms with Gasteiger partial charge in [0.2, 0.25) is 0 Å². The van der Waals surface area contributed by atoms with Gasteiger partial charge in [0.15, 0.2) is 0 Å². The van der Waals surface area contributed by atoms with E-state index in [1.807, 2.05) is 6.92 Å². The molecule has 15 heavy (non-hydrogen) atoms. The van der Waals surface area contributed by atoms with Crippen molar-refractivity contribution in [2.24, 2.45) is 5.92 Å². The van der Waals surface area contributed by atoms with Crippen molar-refractivity contribution in [2.45, 2.75) is 43.8 Å². The van der Waals surface area contributed by atoms with Crippen molar-refractivity contribution in [3.05, 3.63) is 0 Å². The minimum Gasteiger partial charge on any atom is -0.480 e. The molecule has 0 aromatic heterocycles. The molecular formula is C10H18O4S. The molecule has 1 aliphatic heterocycles. The van der Waals surface area contributed by atoms with Crippen molar-refractivity contribution in [3.8, 4) is 0 Å². The van der Waals surface area contributed by atoms with E-state index in [0.717, 1.165) is 0 Å². The Balaban J connectivity index is 2.76. The Bertz CT molecular complexity index is 264. The molecule has 0 aromatic carbocycles. The summed E-state index contributed by atoms with van der Waals surface area (Å²) >= 11 is 0. The van der Waals surface area contributed by atoms with Gasteiger partial charge in [-0.25, -0.2) is 0 Å². The fraction of sp³-hybridized carbons (Fsp3) is 0.900. The van der Waals surface area contributed by atoms with Gasteiger partial charge in [0.25, 0.3) is 0 Å². The van der Waals surface area contributed by atoms with Gasteiger partial charge in [-0.3, -0.25) is 9.00 Å². The highest BCUT2D eigenvalue weighted by atomic mass is 32.2.